The lowest BCUT2D eigenvalue weighted by Gasteiger charge is -2.25. The normalized spacial score (nSPS) is 14.1. The van der Waals surface area contributed by atoms with E-state index in [9.17, 15) is 0 Å². The van der Waals surface area contributed by atoms with Crippen LogP contribution < -0.4 is 0 Å². The molecule has 0 aliphatic carbocycles. The molecule has 0 amide bonds. The molecule has 0 heterocycles. The molecule has 1 aromatic carbocycles. The molecule has 1 rings (SSSR count). The van der Waals surface area contributed by atoms with Gasteiger partial charge in [0, 0.05) is 9.85 Å². The van der Waals surface area contributed by atoms with Crippen LogP contribution in [0.2, 0.25) is 0 Å². The van der Waals surface area contributed by atoms with Gasteiger partial charge in [0.2, 0.25) is 0 Å². The van der Waals surface area contributed by atoms with Crippen LogP contribution in [0.5, 0.6) is 0 Å². The minimum atomic E-state index is 0.157. The third-order valence-electron chi connectivity index (χ3n) is 2.24. The van der Waals surface area contributed by atoms with E-state index in [0.717, 1.165) is 10.9 Å². The van der Waals surface area contributed by atoms with Crippen LogP contribution in [0.1, 0.15) is 26.3 Å². The molecule has 78 valence electrons. The van der Waals surface area contributed by atoms with Gasteiger partial charge < -0.3 is 0 Å². The average molecular weight is 276 g/mol. The number of alkyl halides is 1. The SMILES string of the molecule is CC(C)(C)C(Cl)Cc1cccc(Br)c1. The van der Waals surface area contributed by atoms with Gasteiger partial charge in [-0.2, -0.15) is 0 Å². The van der Waals surface area contributed by atoms with Crippen LogP contribution in [0, 0.1) is 5.41 Å². The quantitative estimate of drug-likeness (QED) is 0.690. The summed E-state index contributed by atoms with van der Waals surface area (Å²) in [7, 11) is 0. The summed E-state index contributed by atoms with van der Waals surface area (Å²) >= 11 is 9.79. The Labute approximate surface area is 99.8 Å². The van der Waals surface area contributed by atoms with E-state index in [4.69, 9.17) is 11.6 Å². The van der Waals surface area contributed by atoms with Crippen molar-refractivity contribution in [2.45, 2.75) is 32.6 Å². The molecule has 1 unspecified atom stereocenters. The molecule has 0 fully saturated rings. The third kappa shape index (κ3) is 3.62. The average Bonchev–Trinajstić information content (AvgIpc) is 2.02. The second kappa shape index (κ2) is 4.67. The Morgan fingerprint density at radius 1 is 1.36 bits per heavy atom. The number of halogens is 2. The predicted octanol–water partition coefficient (Wildman–Crippen LogP) is 4.65. The first kappa shape index (κ1) is 12.1. The molecule has 0 aromatic heterocycles. The molecule has 14 heavy (non-hydrogen) atoms. The van der Waals surface area contributed by atoms with Gasteiger partial charge in [0.05, 0.1) is 0 Å². The summed E-state index contributed by atoms with van der Waals surface area (Å²) in [5.74, 6) is 0. The molecule has 0 nitrogen and oxygen atoms in total. The molecule has 1 atom stereocenters. The first-order valence-corrected chi connectivity index (χ1v) is 6.01. The van der Waals surface area contributed by atoms with E-state index < -0.39 is 0 Å². The minimum Gasteiger partial charge on any atom is -0.122 e. The Morgan fingerprint density at radius 2 is 2.00 bits per heavy atom. The van der Waals surface area contributed by atoms with Gasteiger partial charge in [0.25, 0.3) is 0 Å². The molecule has 0 spiro atoms. The maximum absolute atomic E-state index is 6.33. The summed E-state index contributed by atoms with van der Waals surface area (Å²) in [6.45, 7) is 6.51. The Bertz CT molecular complexity index is 301. The Kier molecular flexibility index (Phi) is 4.03. The number of hydrogen-bond donors (Lipinski definition) is 0. The molecule has 2 heteroatoms. The topological polar surface area (TPSA) is 0 Å². The maximum atomic E-state index is 6.33. The van der Waals surface area contributed by atoms with Crippen molar-refractivity contribution in [2.75, 3.05) is 0 Å². The van der Waals surface area contributed by atoms with Crippen molar-refractivity contribution in [3.63, 3.8) is 0 Å². The van der Waals surface area contributed by atoms with Gasteiger partial charge in [-0.15, -0.1) is 11.6 Å². The van der Waals surface area contributed by atoms with Gasteiger partial charge in [0.15, 0.2) is 0 Å². The molecule has 0 aliphatic rings. The van der Waals surface area contributed by atoms with E-state index in [1.165, 1.54) is 5.56 Å². The first-order chi connectivity index (χ1) is 6.39. The number of benzene rings is 1. The molecular weight excluding hydrogens is 259 g/mol. The lowest BCUT2D eigenvalue weighted by Crippen LogP contribution is -2.22. The zero-order chi connectivity index (χ0) is 10.8. The molecule has 0 N–H and O–H groups in total. The standard InChI is InChI=1S/C12H16BrCl/c1-12(2,3)11(14)8-9-5-4-6-10(13)7-9/h4-7,11H,8H2,1-3H3. The van der Waals surface area contributed by atoms with Gasteiger partial charge in [-0.05, 0) is 29.5 Å². The molecule has 0 bridgehead atoms. The van der Waals surface area contributed by atoms with Crippen LogP contribution in [0.15, 0.2) is 28.7 Å². The van der Waals surface area contributed by atoms with Crippen LogP contribution in [0.25, 0.3) is 0 Å². The highest BCUT2D eigenvalue weighted by Gasteiger charge is 2.22. The molecule has 1 aromatic rings. The van der Waals surface area contributed by atoms with E-state index in [-0.39, 0.29) is 10.8 Å². The van der Waals surface area contributed by atoms with Crippen molar-refractivity contribution in [3.05, 3.63) is 34.3 Å². The van der Waals surface area contributed by atoms with Gasteiger partial charge in [-0.3, -0.25) is 0 Å². The van der Waals surface area contributed by atoms with E-state index in [1.807, 2.05) is 12.1 Å². The highest BCUT2D eigenvalue weighted by Crippen LogP contribution is 2.28. The van der Waals surface area contributed by atoms with Crippen molar-refractivity contribution in [1.82, 2.24) is 0 Å². The van der Waals surface area contributed by atoms with Crippen molar-refractivity contribution < 1.29 is 0 Å². The largest absolute Gasteiger partial charge is 0.122 e. The van der Waals surface area contributed by atoms with E-state index in [2.05, 4.69) is 48.8 Å². The lowest BCUT2D eigenvalue weighted by molar-refractivity contribution is 0.386. The summed E-state index contributed by atoms with van der Waals surface area (Å²) in [6.07, 6.45) is 0.921. The predicted molar refractivity (Wildman–Crippen MR) is 66.9 cm³/mol. The van der Waals surface area contributed by atoms with E-state index in [1.54, 1.807) is 0 Å². The second-order valence-corrected chi connectivity index (χ2v) is 6.11. The highest BCUT2D eigenvalue weighted by molar-refractivity contribution is 9.10. The monoisotopic (exact) mass is 274 g/mol. The van der Waals surface area contributed by atoms with Crippen molar-refractivity contribution in [3.8, 4) is 0 Å². The summed E-state index contributed by atoms with van der Waals surface area (Å²) < 4.78 is 1.12. The maximum Gasteiger partial charge on any atom is 0.0424 e. The zero-order valence-corrected chi connectivity index (χ0v) is 11.2. The molecular formula is C12H16BrCl. The summed E-state index contributed by atoms with van der Waals surface area (Å²) in [6, 6.07) is 8.32. The fourth-order valence-corrected chi connectivity index (χ4v) is 1.80. The summed E-state index contributed by atoms with van der Waals surface area (Å²) in [5.41, 5.74) is 1.44. The summed E-state index contributed by atoms with van der Waals surface area (Å²) in [4.78, 5) is 0. The van der Waals surface area contributed by atoms with Crippen molar-refractivity contribution in [1.29, 1.82) is 0 Å². The zero-order valence-electron chi connectivity index (χ0n) is 8.85. The van der Waals surface area contributed by atoms with Crippen molar-refractivity contribution in [2.24, 2.45) is 5.41 Å². The Morgan fingerprint density at radius 3 is 2.50 bits per heavy atom. The molecule has 0 saturated carbocycles. The van der Waals surface area contributed by atoms with Gasteiger partial charge in [-0.25, -0.2) is 0 Å². The first-order valence-electron chi connectivity index (χ1n) is 4.78. The number of rotatable bonds is 2. The minimum absolute atomic E-state index is 0.157. The van der Waals surface area contributed by atoms with Crippen LogP contribution in [0.4, 0.5) is 0 Å². The molecule has 0 saturated heterocycles. The number of hydrogen-bond acceptors (Lipinski definition) is 0. The van der Waals surface area contributed by atoms with E-state index in [0.29, 0.717) is 0 Å². The second-order valence-electron chi connectivity index (χ2n) is 4.67. The third-order valence-corrected chi connectivity index (χ3v) is 3.55. The fraction of sp³-hybridized carbons (Fsp3) is 0.500. The van der Waals surface area contributed by atoms with Gasteiger partial charge in [0.1, 0.15) is 0 Å². The fourth-order valence-electron chi connectivity index (χ4n) is 1.18. The van der Waals surface area contributed by atoms with Gasteiger partial charge >= 0.3 is 0 Å². The Hall–Kier alpha value is -0.0100. The lowest BCUT2D eigenvalue weighted by atomic mass is 9.88. The highest BCUT2D eigenvalue weighted by atomic mass is 79.9. The molecule has 0 radical (unpaired) electrons. The van der Waals surface area contributed by atoms with E-state index >= 15 is 0 Å². The van der Waals surface area contributed by atoms with Crippen LogP contribution >= 0.6 is 27.5 Å². The van der Waals surface area contributed by atoms with Crippen LogP contribution in [-0.2, 0) is 6.42 Å². The van der Waals surface area contributed by atoms with Gasteiger partial charge in [-0.1, -0.05) is 48.8 Å². The molecule has 0 aliphatic heterocycles. The van der Waals surface area contributed by atoms with Crippen molar-refractivity contribution >= 4 is 27.5 Å². The smallest absolute Gasteiger partial charge is 0.0424 e. The van der Waals surface area contributed by atoms with Crippen LogP contribution in [-0.4, -0.2) is 5.38 Å². The Balaban J connectivity index is 2.70. The summed E-state index contributed by atoms with van der Waals surface area (Å²) in [5, 5.41) is 0.178. The van der Waals surface area contributed by atoms with Crippen LogP contribution in [0.3, 0.4) is 0 Å².